The Hall–Kier alpha value is -3.12. The number of aromatic nitrogens is 2. The maximum atomic E-state index is 11.7. The number of benzene rings is 2. The second kappa shape index (κ2) is 8.71. The van der Waals surface area contributed by atoms with Crippen molar-refractivity contribution in [3.63, 3.8) is 0 Å². The predicted octanol–water partition coefficient (Wildman–Crippen LogP) is 5.27. The lowest BCUT2D eigenvalue weighted by Gasteiger charge is -2.14. The molecule has 0 unspecified atom stereocenters. The molecular formula is C21H21ClN4O2. The number of carbonyl (C=O) groups excluding carboxylic acids is 1. The SMILES string of the molecule is CCc1cccc(C)c1Nc1ccnc(Nc2cc(C(=O)OC)ccc2Cl)n1. The van der Waals surface area contributed by atoms with E-state index in [4.69, 9.17) is 16.3 Å². The average molecular weight is 397 g/mol. The van der Waals surface area contributed by atoms with Crippen molar-refractivity contribution in [3.05, 3.63) is 70.4 Å². The first-order valence-electron chi connectivity index (χ1n) is 8.85. The molecule has 0 aliphatic heterocycles. The lowest BCUT2D eigenvalue weighted by molar-refractivity contribution is 0.0601. The second-order valence-corrected chi connectivity index (χ2v) is 6.57. The minimum absolute atomic E-state index is 0.362. The molecule has 0 aliphatic carbocycles. The van der Waals surface area contributed by atoms with E-state index < -0.39 is 5.97 Å². The summed E-state index contributed by atoms with van der Waals surface area (Å²) >= 11 is 6.24. The highest BCUT2D eigenvalue weighted by molar-refractivity contribution is 6.33. The minimum Gasteiger partial charge on any atom is -0.465 e. The number of ether oxygens (including phenoxy) is 1. The first-order chi connectivity index (χ1) is 13.5. The fraction of sp³-hybridized carbons (Fsp3) is 0.190. The standard InChI is InChI=1S/C21H21ClN4O2/c1-4-14-7-5-6-13(2)19(14)25-18-10-11-23-21(26-18)24-17-12-15(20(27)28-3)8-9-16(17)22/h5-12H,4H2,1-3H3,(H2,23,24,25,26). The van der Waals surface area contributed by atoms with E-state index in [1.54, 1.807) is 30.5 Å². The molecule has 2 aromatic carbocycles. The van der Waals surface area contributed by atoms with E-state index in [2.05, 4.69) is 46.6 Å². The van der Waals surface area contributed by atoms with Gasteiger partial charge in [0.25, 0.3) is 0 Å². The van der Waals surface area contributed by atoms with Crippen LogP contribution in [-0.4, -0.2) is 23.0 Å². The Morgan fingerprint density at radius 1 is 1.18 bits per heavy atom. The molecule has 6 nitrogen and oxygen atoms in total. The minimum atomic E-state index is -0.442. The molecule has 0 radical (unpaired) electrons. The summed E-state index contributed by atoms with van der Waals surface area (Å²) in [7, 11) is 1.33. The fourth-order valence-corrected chi connectivity index (χ4v) is 2.97. The topological polar surface area (TPSA) is 76.1 Å². The number of hydrogen-bond acceptors (Lipinski definition) is 6. The maximum absolute atomic E-state index is 11.7. The van der Waals surface area contributed by atoms with Gasteiger partial charge >= 0.3 is 5.97 Å². The van der Waals surface area contributed by atoms with Gasteiger partial charge in [0, 0.05) is 11.9 Å². The molecule has 0 amide bonds. The molecule has 1 aromatic heterocycles. The first kappa shape index (κ1) is 19.6. The Bertz CT molecular complexity index is 1010. The van der Waals surface area contributed by atoms with E-state index in [1.807, 2.05) is 6.07 Å². The molecule has 0 saturated carbocycles. The lowest BCUT2D eigenvalue weighted by Crippen LogP contribution is -2.05. The van der Waals surface area contributed by atoms with Crippen molar-refractivity contribution in [2.24, 2.45) is 0 Å². The molecule has 0 fully saturated rings. The fourth-order valence-electron chi connectivity index (χ4n) is 2.80. The Labute approximate surface area is 168 Å². The summed E-state index contributed by atoms with van der Waals surface area (Å²) in [5.74, 6) is 0.574. The third-order valence-electron chi connectivity index (χ3n) is 4.28. The first-order valence-corrected chi connectivity index (χ1v) is 9.23. The quantitative estimate of drug-likeness (QED) is 0.552. The zero-order valence-corrected chi connectivity index (χ0v) is 16.7. The smallest absolute Gasteiger partial charge is 0.337 e. The van der Waals surface area contributed by atoms with Gasteiger partial charge in [0.1, 0.15) is 5.82 Å². The summed E-state index contributed by atoms with van der Waals surface area (Å²) < 4.78 is 4.75. The predicted molar refractivity (Wildman–Crippen MR) is 112 cm³/mol. The van der Waals surface area contributed by atoms with Gasteiger partial charge in [-0.3, -0.25) is 0 Å². The van der Waals surface area contributed by atoms with Crippen LogP contribution in [0.3, 0.4) is 0 Å². The van der Waals surface area contributed by atoms with Crippen LogP contribution in [0.25, 0.3) is 0 Å². The lowest BCUT2D eigenvalue weighted by atomic mass is 10.1. The van der Waals surface area contributed by atoms with Crippen LogP contribution in [0.4, 0.5) is 23.1 Å². The van der Waals surface area contributed by atoms with Crippen molar-refractivity contribution in [2.45, 2.75) is 20.3 Å². The van der Waals surface area contributed by atoms with E-state index in [1.165, 1.54) is 12.7 Å². The molecule has 28 heavy (non-hydrogen) atoms. The van der Waals surface area contributed by atoms with Crippen molar-refractivity contribution in [2.75, 3.05) is 17.7 Å². The van der Waals surface area contributed by atoms with Crippen LogP contribution in [0.1, 0.15) is 28.4 Å². The van der Waals surface area contributed by atoms with Crippen LogP contribution >= 0.6 is 11.6 Å². The largest absolute Gasteiger partial charge is 0.465 e. The molecular weight excluding hydrogens is 376 g/mol. The van der Waals surface area contributed by atoms with Gasteiger partial charge in [-0.2, -0.15) is 4.98 Å². The summed E-state index contributed by atoms with van der Waals surface area (Å²) in [6.45, 7) is 4.17. The summed E-state index contributed by atoms with van der Waals surface area (Å²) in [5, 5.41) is 6.88. The zero-order valence-electron chi connectivity index (χ0n) is 15.9. The Morgan fingerprint density at radius 3 is 2.75 bits per heavy atom. The number of halogens is 1. The van der Waals surface area contributed by atoms with E-state index in [0.29, 0.717) is 28.0 Å². The van der Waals surface area contributed by atoms with Gasteiger partial charge in [0.2, 0.25) is 5.95 Å². The third-order valence-corrected chi connectivity index (χ3v) is 4.61. The highest BCUT2D eigenvalue weighted by Crippen LogP contribution is 2.27. The Morgan fingerprint density at radius 2 is 2.00 bits per heavy atom. The molecule has 0 atom stereocenters. The summed E-state index contributed by atoms with van der Waals surface area (Å²) in [6.07, 6.45) is 2.57. The summed E-state index contributed by atoms with van der Waals surface area (Å²) in [4.78, 5) is 20.5. The van der Waals surface area contributed by atoms with Gasteiger partial charge in [0.05, 0.1) is 23.4 Å². The van der Waals surface area contributed by atoms with Gasteiger partial charge in [0.15, 0.2) is 0 Å². The molecule has 1 heterocycles. The van der Waals surface area contributed by atoms with Crippen LogP contribution in [0, 0.1) is 6.92 Å². The molecule has 0 spiro atoms. The van der Waals surface area contributed by atoms with Crippen molar-refractivity contribution in [3.8, 4) is 0 Å². The maximum Gasteiger partial charge on any atom is 0.337 e. The third kappa shape index (κ3) is 4.40. The number of nitrogens with one attached hydrogen (secondary N) is 2. The molecule has 144 valence electrons. The molecule has 2 N–H and O–H groups in total. The Kier molecular flexibility index (Phi) is 6.11. The van der Waals surface area contributed by atoms with Crippen molar-refractivity contribution >= 4 is 40.7 Å². The number of para-hydroxylation sites is 1. The molecule has 3 rings (SSSR count). The van der Waals surface area contributed by atoms with Crippen LogP contribution in [0.15, 0.2) is 48.7 Å². The number of esters is 1. The van der Waals surface area contributed by atoms with Crippen LogP contribution < -0.4 is 10.6 Å². The van der Waals surface area contributed by atoms with Gasteiger partial charge in [-0.1, -0.05) is 36.7 Å². The van der Waals surface area contributed by atoms with E-state index in [0.717, 1.165) is 17.7 Å². The normalized spacial score (nSPS) is 10.4. The van der Waals surface area contributed by atoms with Gasteiger partial charge < -0.3 is 15.4 Å². The van der Waals surface area contributed by atoms with Crippen LogP contribution in [0.2, 0.25) is 5.02 Å². The van der Waals surface area contributed by atoms with Crippen LogP contribution in [0.5, 0.6) is 0 Å². The van der Waals surface area contributed by atoms with Gasteiger partial charge in [-0.25, -0.2) is 9.78 Å². The van der Waals surface area contributed by atoms with E-state index in [-0.39, 0.29) is 0 Å². The number of hydrogen-bond donors (Lipinski definition) is 2. The van der Waals surface area contributed by atoms with Crippen LogP contribution in [-0.2, 0) is 11.2 Å². The number of nitrogens with zero attached hydrogens (tertiary/aromatic N) is 2. The average Bonchev–Trinajstić information content (AvgIpc) is 2.71. The second-order valence-electron chi connectivity index (χ2n) is 6.16. The molecule has 7 heteroatoms. The van der Waals surface area contributed by atoms with Crippen molar-refractivity contribution < 1.29 is 9.53 Å². The monoisotopic (exact) mass is 396 g/mol. The highest BCUT2D eigenvalue weighted by Gasteiger charge is 2.11. The number of anilines is 4. The number of methoxy groups -OCH3 is 1. The van der Waals surface area contributed by atoms with Crippen molar-refractivity contribution in [1.29, 1.82) is 0 Å². The molecule has 3 aromatic rings. The molecule has 0 bridgehead atoms. The summed E-state index contributed by atoms with van der Waals surface area (Å²) in [5.41, 5.74) is 4.30. The number of carbonyl (C=O) groups is 1. The molecule has 0 aliphatic rings. The molecule has 0 saturated heterocycles. The summed E-state index contributed by atoms with van der Waals surface area (Å²) in [6, 6.07) is 12.8. The zero-order chi connectivity index (χ0) is 20.1. The highest BCUT2D eigenvalue weighted by atomic mass is 35.5. The van der Waals surface area contributed by atoms with E-state index >= 15 is 0 Å². The van der Waals surface area contributed by atoms with E-state index in [9.17, 15) is 4.79 Å². The Balaban J connectivity index is 1.86. The van der Waals surface area contributed by atoms with Gasteiger partial charge in [-0.15, -0.1) is 0 Å². The number of aryl methyl sites for hydroxylation is 2. The van der Waals surface area contributed by atoms with Gasteiger partial charge in [-0.05, 0) is 48.7 Å². The van der Waals surface area contributed by atoms with Crippen molar-refractivity contribution in [1.82, 2.24) is 9.97 Å². The number of rotatable bonds is 6.